The molecule has 1 aromatic heterocycles. The molecule has 2 saturated heterocycles. The van der Waals surface area contributed by atoms with Gasteiger partial charge in [-0.3, -0.25) is 4.79 Å². The highest BCUT2D eigenvalue weighted by molar-refractivity contribution is 6.05. The number of fused-ring (bicyclic) bond motifs is 2. The van der Waals surface area contributed by atoms with Gasteiger partial charge < -0.3 is 24.1 Å². The van der Waals surface area contributed by atoms with E-state index in [4.69, 9.17) is 13.9 Å². The van der Waals surface area contributed by atoms with Crippen LogP contribution in [0.1, 0.15) is 38.9 Å². The number of hydrogen-bond donors (Lipinski definition) is 2. The molecule has 4 bridgehead atoms. The van der Waals surface area contributed by atoms with Crippen LogP contribution in [0.15, 0.2) is 53.2 Å². The third kappa shape index (κ3) is 2.38. The van der Waals surface area contributed by atoms with E-state index in [9.17, 15) is 19.8 Å². The zero-order valence-corrected chi connectivity index (χ0v) is 19.4. The fourth-order valence-corrected chi connectivity index (χ4v) is 8.25. The number of carbonyl (C=O) groups is 2. The zero-order chi connectivity index (χ0) is 24.1. The van der Waals surface area contributed by atoms with E-state index in [1.54, 1.807) is 12.1 Å². The third-order valence-electron chi connectivity index (χ3n) is 9.41. The molecular weight excluding hydrogens is 436 g/mol. The third-order valence-corrected chi connectivity index (χ3v) is 9.41. The highest BCUT2D eigenvalue weighted by Crippen LogP contribution is 2.75. The van der Waals surface area contributed by atoms with Crippen molar-refractivity contribution in [2.24, 2.45) is 34.0 Å². The molecule has 2 aliphatic heterocycles. The fourth-order valence-electron chi connectivity index (χ4n) is 8.25. The summed E-state index contributed by atoms with van der Waals surface area (Å²) in [7, 11) is 0. The highest BCUT2D eigenvalue weighted by Gasteiger charge is 2.86. The molecule has 3 saturated carbocycles. The van der Waals surface area contributed by atoms with Gasteiger partial charge in [0.15, 0.2) is 5.78 Å². The number of aliphatic hydroxyl groups is 2. The van der Waals surface area contributed by atoms with Crippen molar-refractivity contribution in [3.63, 3.8) is 0 Å². The summed E-state index contributed by atoms with van der Waals surface area (Å²) in [5.41, 5.74) is -2.22. The summed E-state index contributed by atoms with van der Waals surface area (Å²) in [6, 6.07) is 3.41. The lowest BCUT2D eigenvalue weighted by Gasteiger charge is -2.72. The first-order valence-corrected chi connectivity index (χ1v) is 12.0. The van der Waals surface area contributed by atoms with Crippen molar-refractivity contribution in [2.75, 3.05) is 6.61 Å². The molecule has 1 aromatic rings. The van der Waals surface area contributed by atoms with E-state index >= 15 is 0 Å². The molecule has 7 rings (SSSR count). The van der Waals surface area contributed by atoms with Gasteiger partial charge in [-0.1, -0.05) is 32.6 Å². The second-order valence-corrected chi connectivity index (χ2v) is 11.3. The lowest BCUT2D eigenvalue weighted by atomic mass is 9.37. The minimum absolute atomic E-state index is 0.209. The fraction of sp³-hybridized carbons (Fsp3) is 0.556. The first kappa shape index (κ1) is 22.0. The number of esters is 1. The van der Waals surface area contributed by atoms with Crippen LogP contribution in [0, 0.1) is 34.0 Å². The van der Waals surface area contributed by atoms with Gasteiger partial charge in [-0.2, -0.15) is 0 Å². The van der Waals surface area contributed by atoms with E-state index in [-0.39, 0.29) is 29.6 Å². The monoisotopic (exact) mass is 466 g/mol. The molecule has 5 fully saturated rings. The quantitative estimate of drug-likeness (QED) is 0.401. The highest BCUT2D eigenvalue weighted by atomic mass is 16.6. The molecule has 0 unspecified atom stereocenters. The van der Waals surface area contributed by atoms with Crippen LogP contribution in [0.5, 0.6) is 0 Å². The van der Waals surface area contributed by atoms with Gasteiger partial charge >= 0.3 is 5.97 Å². The average Bonchev–Trinajstić information content (AvgIpc) is 3.34. The van der Waals surface area contributed by atoms with Gasteiger partial charge in [-0.05, 0) is 54.4 Å². The van der Waals surface area contributed by atoms with Crippen molar-refractivity contribution in [1.82, 2.24) is 0 Å². The van der Waals surface area contributed by atoms with Crippen LogP contribution in [0.4, 0.5) is 0 Å². The Hall–Kier alpha value is -2.48. The lowest BCUT2D eigenvalue weighted by Crippen LogP contribution is -2.83. The van der Waals surface area contributed by atoms with Crippen LogP contribution in [0.2, 0.25) is 0 Å². The van der Waals surface area contributed by atoms with Crippen LogP contribution in [0.25, 0.3) is 6.08 Å². The van der Waals surface area contributed by atoms with Gasteiger partial charge in [0, 0.05) is 23.3 Å². The summed E-state index contributed by atoms with van der Waals surface area (Å²) in [4.78, 5) is 26.8. The summed E-state index contributed by atoms with van der Waals surface area (Å²) in [5.74, 6) is -3.77. The van der Waals surface area contributed by atoms with Crippen molar-refractivity contribution >= 4 is 17.8 Å². The first-order chi connectivity index (χ1) is 16.1. The number of ketones is 1. The molecule has 2 N–H and O–H groups in total. The Balaban J connectivity index is 1.47. The molecule has 0 aromatic carbocycles. The van der Waals surface area contributed by atoms with E-state index in [0.29, 0.717) is 24.2 Å². The number of furan rings is 1. The number of carbonyl (C=O) groups excluding carboxylic acids is 2. The first-order valence-electron chi connectivity index (χ1n) is 12.0. The van der Waals surface area contributed by atoms with Gasteiger partial charge in [-0.15, -0.1) is 0 Å². The van der Waals surface area contributed by atoms with Crippen LogP contribution in [-0.2, 0) is 19.1 Å². The maximum absolute atomic E-state index is 14.0. The summed E-state index contributed by atoms with van der Waals surface area (Å²) >= 11 is 0. The molecule has 34 heavy (non-hydrogen) atoms. The van der Waals surface area contributed by atoms with E-state index in [0.717, 1.165) is 6.42 Å². The maximum atomic E-state index is 14.0. The normalized spacial score (nSPS) is 45.9. The summed E-state index contributed by atoms with van der Waals surface area (Å²) in [5, 5.41) is 23.8. The Morgan fingerprint density at radius 3 is 2.85 bits per heavy atom. The van der Waals surface area contributed by atoms with E-state index in [1.165, 1.54) is 18.4 Å². The summed E-state index contributed by atoms with van der Waals surface area (Å²) in [6.45, 7) is 8.42. The molecule has 7 heteroatoms. The minimum Gasteiger partial charge on any atom is -0.465 e. The molecule has 0 amide bonds. The second kappa shape index (κ2) is 6.80. The minimum atomic E-state index is -2.17. The Morgan fingerprint density at radius 2 is 2.12 bits per heavy atom. The molecule has 0 radical (unpaired) electrons. The number of rotatable bonds is 3. The molecule has 6 aliphatic rings. The predicted octanol–water partition coefficient (Wildman–Crippen LogP) is 3.04. The molecule has 7 nitrogen and oxygen atoms in total. The van der Waals surface area contributed by atoms with Crippen molar-refractivity contribution in [3.8, 4) is 0 Å². The lowest BCUT2D eigenvalue weighted by molar-refractivity contribution is -0.436. The summed E-state index contributed by atoms with van der Waals surface area (Å²) in [6.07, 6.45) is 8.16. The van der Waals surface area contributed by atoms with Gasteiger partial charge in [0.1, 0.15) is 23.4 Å². The molecule has 3 heterocycles. The van der Waals surface area contributed by atoms with Gasteiger partial charge in [0.05, 0.1) is 12.9 Å². The van der Waals surface area contributed by atoms with Crippen LogP contribution in [-0.4, -0.2) is 46.6 Å². The number of ether oxygens (including phenoxy) is 2. The average molecular weight is 467 g/mol. The second-order valence-electron chi connectivity index (χ2n) is 11.3. The number of hydrogen-bond acceptors (Lipinski definition) is 7. The summed E-state index contributed by atoms with van der Waals surface area (Å²) < 4.78 is 17.2. The Labute approximate surface area is 198 Å². The topological polar surface area (TPSA) is 106 Å². The smallest absolute Gasteiger partial charge is 0.331 e. The van der Waals surface area contributed by atoms with E-state index in [1.807, 2.05) is 0 Å². The SMILES string of the molecule is C=C1C(=O)[C@]23[C@H](OC(=O)/C=C/c4ccco4)[C@H]1CC[C@H]2[C@]12C=CCC(C)(C)[C@H]1[C@H](O)[C@@]3(O)OC2. The zero-order valence-electron chi connectivity index (χ0n) is 19.4. The van der Waals surface area contributed by atoms with Gasteiger partial charge in [-0.25, -0.2) is 4.79 Å². The number of Topliss-reactive ketones (excluding diaryl/α,β-unsaturated/α-hetero) is 1. The van der Waals surface area contributed by atoms with Crippen LogP contribution >= 0.6 is 0 Å². The molecule has 8 atom stereocenters. The maximum Gasteiger partial charge on any atom is 0.331 e. The molecule has 180 valence electrons. The molecule has 2 spiro atoms. The number of allylic oxidation sites excluding steroid dienone is 1. The Morgan fingerprint density at radius 1 is 1.32 bits per heavy atom. The Bertz CT molecular complexity index is 1130. The van der Waals surface area contributed by atoms with E-state index in [2.05, 4.69) is 32.6 Å². The van der Waals surface area contributed by atoms with Crippen molar-refractivity contribution in [1.29, 1.82) is 0 Å². The van der Waals surface area contributed by atoms with Crippen molar-refractivity contribution in [3.05, 3.63) is 54.5 Å². The molecule has 4 aliphatic carbocycles. The van der Waals surface area contributed by atoms with Gasteiger partial charge in [0.2, 0.25) is 5.79 Å². The predicted molar refractivity (Wildman–Crippen MR) is 121 cm³/mol. The standard InChI is InChI=1S/C27H30O7/c1-15-17-8-9-18-25-12-5-11-24(2,3)20(25)22(30)27(31,33-14-25)26(18,21(15)29)23(17)34-19(28)10-7-16-6-4-13-32-16/h4-7,10,12-13,17-18,20,22-23,30-31H,1,8-9,11,14H2,2-3H3/b10-7+/t17-,18-,20+,22-,23+,25+,26-,27+/m0/s1. The molecular formula is C27H30O7. The van der Waals surface area contributed by atoms with E-state index < -0.39 is 40.7 Å². The van der Waals surface area contributed by atoms with Crippen LogP contribution in [0.3, 0.4) is 0 Å². The van der Waals surface area contributed by atoms with Crippen LogP contribution < -0.4 is 0 Å². The van der Waals surface area contributed by atoms with Gasteiger partial charge in [0.25, 0.3) is 0 Å². The number of aliphatic hydroxyl groups excluding tert-OH is 1. The van der Waals surface area contributed by atoms with Crippen molar-refractivity contribution in [2.45, 2.75) is 51.1 Å². The van der Waals surface area contributed by atoms with Crippen molar-refractivity contribution < 1.29 is 33.7 Å². The largest absolute Gasteiger partial charge is 0.465 e. The Kier molecular flexibility index (Phi) is 4.41.